The molecule has 0 amide bonds. The monoisotopic (exact) mass is 247 g/mol. The highest BCUT2D eigenvalue weighted by Gasteiger charge is 2.26. The van der Waals surface area contributed by atoms with Crippen LogP contribution in [0.3, 0.4) is 0 Å². The largest absolute Gasteiger partial charge is 0.474 e. The molecule has 3 nitrogen and oxygen atoms in total. The molecule has 0 saturated heterocycles. The standard InChI is InChI=1S/C15H21NO2/c1-10-4-5-14(8-11(10)2)18-15-9-13(12(3)17)6-7-16-15/h6-7,9-11,14H,4-5,8H2,1-3H3. The van der Waals surface area contributed by atoms with Gasteiger partial charge in [0.25, 0.3) is 0 Å². The van der Waals surface area contributed by atoms with Gasteiger partial charge in [0.1, 0.15) is 6.10 Å². The number of carbonyl (C=O) groups excluding carboxylic acids is 1. The van der Waals surface area contributed by atoms with Crippen molar-refractivity contribution in [1.29, 1.82) is 0 Å². The number of ketones is 1. The van der Waals surface area contributed by atoms with Crippen molar-refractivity contribution < 1.29 is 9.53 Å². The van der Waals surface area contributed by atoms with Gasteiger partial charge in [-0.3, -0.25) is 4.79 Å². The van der Waals surface area contributed by atoms with Crippen LogP contribution in [-0.2, 0) is 0 Å². The van der Waals surface area contributed by atoms with Gasteiger partial charge >= 0.3 is 0 Å². The fourth-order valence-electron chi connectivity index (χ4n) is 2.47. The second-order valence-corrected chi connectivity index (χ2v) is 5.45. The summed E-state index contributed by atoms with van der Waals surface area (Å²) in [6, 6.07) is 3.46. The summed E-state index contributed by atoms with van der Waals surface area (Å²) in [6.45, 7) is 6.14. The quantitative estimate of drug-likeness (QED) is 0.767. The lowest BCUT2D eigenvalue weighted by molar-refractivity contribution is 0.0953. The lowest BCUT2D eigenvalue weighted by Gasteiger charge is -2.31. The third kappa shape index (κ3) is 3.09. The van der Waals surface area contributed by atoms with Crippen molar-refractivity contribution in [3.05, 3.63) is 23.9 Å². The molecule has 98 valence electrons. The highest BCUT2D eigenvalue weighted by molar-refractivity contribution is 5.94. The first kappa shape index (κ1) is 13.1. The first-order valence-electron chi connectivity index (χ1n) is 6.70. The normalized spacial score (nSPS) is 27.8. The zero-order valence-electron chi connectivity index (χ0n) is 11.3. The SMILES string of the molecule is CC(=O)c1ccnc(OC2CCC(C)C(C)C2)c1. The van der Waals surface area contributed by atoms with Crippen molar-refractivity contribution in [3.8, 4) is 5.88 Å². The van der Waals surface area contributed by atoms with Crippen molar-refractivity contribution in [3.63, 3.8) is 0 Å². The van der Waals surface area contributed by atoms with Gasteiger partial charge in [-0.25, -0.2) is 4.98 Å². The summed E-state index contributed by atoms with van der Waals surface area (Å²) in [6.07, 6.45) is 5.25. The molecule has 1 heterocycles. The molecule has 1 aromatic rings. The molecule has 2 rings (SSSR count). The molecule has 0 aromatic carbocycles. The molecule has 1 saturated carbocycles. The van der Waals surface area contributed by atoms with Crippen LogP contribution in [0.1, 0.15) is 50.4 Å². The Morgan fingerprint density at radius 3 is 2.78 bits per heavy atom. The van der Waals surface area contributed by atoms with Gasteiger partial charge in [-0.1, -0.05) is 13.8 Å². The first-order valence-corrected chi connectivity index (χ1v) is 6.70. The van der Waals surface area contributed by atoms with Gasteiger partial charge in [0.15, 0.2) is 5.78 Å². The summed E-state index contributed by atoms with van der Waals surface area (Å²) in [4.78, 5) is 15.5. The van der Waals surface area contributed by atoms with Gasteiger partial charge in [0, 0.05) is 17.8 Å². The molecule has 1 aromatic heterocycles. The van der Waals surface area contributed by atoms with E-state index in [1.165, 1.54) is 6.42 Å². The second-order valence-electron chi connectivity index (χ2n) is 5.45. The molecule has 3 atom stereocenters. The van der Waals surface area contributed by atoms with E-state index in [2.05, 4.69) is 18.8 Å². The smallest absolute Gasteiger partial charge is 0.214 e. The van der Waals surface area contributed by atoms with Crippen LogP contribution in [0.25, 0.3) is 0 Å². The van der Waals surface area contributed by atoms with Gasteiger partial charge in [-0.2, -0.15) is 0 Å². The average molecular weight is 247 g/mol. The molecule has 3 unspecified atom stereocenters. The summed E-state index contributed by atoms with van der Waals surface area (Å²) in [7, 11) is 0. The lowest BCUT2D eigenvalue weighted by Crippen LogP contribution is -2.29. The molecule has 0 N–H and O–H groups in total. The van der Waals surface area contributed by atoms with E-state index < -0.39 is 0 Å². The molecular formula is C15H21NO2. The molecular weight excluding hydrogens is 226 g/mol. The Hall–Kier alpha value is -1.38. The van der Waals surface area contributed by atoms with Gasteiger partial charge in [-0.15, -0.1) is 0 Å². The summed E-state index contributed by atoms with van der Waals surface area (Å²) in [5, 5.41) is 0. The maximum absolute atomic E-state index is 11.3. The molecule has 0 spiro atoms. The Morgan fingerprint density at radius 2 is 2.11 bits per heavy atom. The van der Waals surface area contributed by atoms with Crippen LogP contribution in [0, 0.1) is 11.8 Å². The van der Waals surface area contributed by atoms with Gasteiger partial charge < -0.3 is 4.74 Å². The Kier molecular flexibility index (Phi) is 4.00. The van der Waals surface area contributed by atoms with E-state index >= 15 is 0 Å². The van der Waals surface area contributed by atoms with Gasteiger partial charge in [0.2, 0.25) is 5.88 Å². The molecule has 0 bridgehead atoms. The predicted octanol–water partition coefficient (Wildman–Crippen LogP) is 3.49. The third-order valence-corrected chi connectivity index (χ3v) is 3.98. The first-order chi connectivity index (χ1) is 8.56. The Bertz CT molecular complexity index is 430. The predicted molar refractivity (Wildman–Crippen MR) is 70.8 cm³/mol. The average Bonchev–Trinajstić information content (AvgIpc) is 2.34. The fourth-order valence-corrected chi connectivity index (χ4v) is 2.47. The van der Waals surface area contributed by atoms with E-state index in [1.807, 2.05) is 0 Å². The van der Waals surface area contributed by atoms with E-state index in [9.17, 15) is 4.79 Å². The van der Waals surface area contributed by atoms with Gasteiger partial charge in [-0.05, 0) is 44.1 Å². The minimum Gasteiger partial charge on any atom is -0.474 e. The van der Waals surface area contributed by atoms with Crippen molar-refractivity contribution in [2.45, 2.75) is 46.1 Å². The number of aromatic nitrogens is 1. The van der Waals surface area contributed by atoms with E-state index in [0.29, 0.717) is 17.4 Å². The summed E-state index contributed by atoms with van der Waals surface area (Å²) in [5.41, 5.74) is 0.664. The van der Waals surface area contributed by atoms with E-state index in [0.717, 1.165) is 18.8 Å². The fraction of sp³-hybridized carbons (Fsp3) is 0.600. The molecule has 1 fully saturated rings. The number of pyridine rings is 1. The second kappa shape index (κ2) is 5.51. The number of Topliss-reactive ketones (excluding diaryl/α,β-unsaturated/α-hetero) is 1. The highest BCUT2D eigenvalue weighted by Crippen LogP contribution is 2.31. The van der Waals surface area contributed by atoms with Crippen molar-refractivity contribution in [1.82, 2.24) is 4.98 Å². The number of rotatable bonds is 3. The maximum Gasteiger partial charge on any atom is 0.214 e. The zero-order valence-corrected chi connectivity index (χ0v) is 11.3. The van der Waals surface area contributed by atoms with Crippen LogP contribution in [0.5, 0.6) is 5.88 Å². The number of carbonyl (C=O) groups is 1. The van der Waals surface area contributed by atoms with E-state index in [-0.39, 0.29) is 11.9 Å². The van der Waals surface area contributed by atoms with Crippen LogP contribution in [-0.4, -0.2) is 16.9 Å². The number of ether oxygens (including phenoxy) is 1. The molecule has 18 heavy (non-hydrogen) atoms. The number of hydrogen-bond acceptors (Lipinski definition) is 3. The number of hydrogen-bond donors (Lipinski definition) is 0. The molecule has 1 aliphatic rings. The minimum atomic E-state index is 0.0490. The maximum atomic E-state index is 11.3. The third-order valence-electron chi connectivity index (χ3n) is 3.98. The van der Waals surface area contributed by atoms with Crippen LogP contribution in [0.15, 0.2) is 18.3 Å². The zero-order chi connectivity index (χ0) is 13.1. The van der Waals surface area contributed by atoms with Crippen LogP contribution < -0.4 is 4.74 Å². The molecule has 3 heteroatoms. The molecule has 0 aliphatic heterocycles. The highest BCUT2D eigenvalue weighted by atomic mass is 16.5. The summed E-state index contributed by atoms with van der Waals surface area (Å²) < 4.78 is 5.90. The Morgan fingerprint density at radius 1 is 1.33 bits per heavy atom. The van der Waals surface area contributed by atoms with Crippen LogP contribution >= 0.6 is 0 Å². The molecule has 1 aliphatic carbocycles. The van der Waals surface area contributed by atoms with Crippen molar-refractivity contribution in [2.75, 3.05) is 0 Å². The van der Waals surface area contributed by atoms with Crippen LogP contribution in [0.4, 0.5) is 0 Å². The Labute approximate surface area is 109 Å². The summed E-state index contributed by atoms with van der Waals surface area (Å²) in [5.74, 6) is 2.10. The van der Waals surface area contributed by atoms with E-state index in [4.69, 9.17) is 4.74 Å². The minimum absolute atomic E-state index is 0.0490. The number of nitrogens with zero attached hydrogens (tertiary/aromatic N) is 1. The van der Waals surface area contributed by atoms with E-state index in [1.54, 1.807) is 25.3 Å². The Balaban J connectivity index is 2.01. The van der Waals surface area contributed by atoms with Gasteiger partial charge in [0.05, 0.1) is 0 Å². The van der Waals surface area contributed by atoms with Crippen molar-refractivity contribution >= 4 is 5.78 Å². The summed E-state index contributed by atoms with van der Waals surface area (Å²) >= 11 is 0. The van der Waals surface area contributed by atoms with Crippen LogP contribution in [0.2, 0.25) is 0 Å². The van der Waals surface area contributed by atoms with Crippen molar-refractivity contribution in [2.24, 2.45) is 11.8 Å². The topological polar surface area (TPSA) is 39.2 Å². The lowest BCUT2D eigenvalue weighted by atomic mass is 9.80. The molecule has 0 radical (unpaired) electrons.